The average molecular weight is 213 g/mol. The molecule has 0 saturated heterocycles. The molecule has 0 aromatic heterocycles. The topological polar surface area (TPSA) is 15.6 Å². The lowest BCUT2D eigenvalue weighted by Gasteiger charge is -2.21. The van der Waals surface area contributed by atoms with E-state index in [0.717, 1.165) is 11.0 Å². The molecule has 2 aliphatic heterocycles. The molecule has 0 amide bonds. The molecule has 0 N–H and O–H groups in total. The van der Waals surface area contributed by atoms with E-state index in [0.29, 0.717) is 0 Å². The molecule has 2 nitrogen and oxygen atoms in total. The summed E-state index contributed by atoms with van der Waals surface area (Å²) in [5.41, 5.74) is 1.21. The van der Waals surface area contributed by atoms with E-state index in [1.807, 2.05) is 6.08 Å². The van der Waals surface area contributed by atoms with Gasteiger partial charge in [0, 0.05) is 16.4 Å². The third-order valence-electron chi connectivity index (χ3n) is 1.84. The number of rotatable bonds is 0. The first-order valence-corrected chi connectivity index (χ1v) is 4.39. The van der Waals surface area contributed by atoms with Gasteiger partial charge >= 0.3 is 0 Å². The van der Waals surface area contributed by atoms with Crippen molar-refractivity contribution in [3.05, 3.63) is 22.8 Å². The second-order valence-electron chi connectivity index (χ2n) is 2.82. The molecule has 1 unspecified atom stereocenters. The van der Waals surface area contributed by atoms with Crippen LogP contribution in [0.15, 0.2) is 27.8 Å². The first kappa shape index (κ1) is 7.10. The van der Waals surface area contributed by atoms with Crippen molar-refractivity contribution < 1.29 is 0 Å². The van der Waals surface area contributed by atoms with Crippen molar-refractivity contribution in [3.8, 4) is 0 Å². The highest BCUT2D eigenvalue weighted by molar-refractivity contribution is 9.11. The summed E-state index contributed by atoms with van der Waals surface area (Å²) in [7, 11) is 0. The van der Waals surface area contributed by atoms with E-state index >= 15 is 0 Å². The Hall–Kier alpha value is -0.570. The van der Waals surface area contributed by atoms with Crippen molar-refractivity contribution in [1.29, 1.82) is 0 Å². The normalized spacial score (nSPS) is 28.2. The lowest BCUT2D eigenvalue weighted by Crippen LogP contribution is -2.25. The van der Waals surface area contributed by atoms with Gasteiger partial charge in [-0.1, -0.05) is 15.9 Å². The number of allylic oxidation sites excluding steroid dienone is 2. The third kappa shape index (κ3) is 1.25. The fraction of sp³-hybridized carbons (Fsp3) is 0.375. The Kier molecular flexibility index (Phi) is 1.60. The molecule has 3 heteroatoms. The third-order valence-corrected chi connectivity index (χ3v) is 2.37. The Balaban J connectivity index is 2.26. The van der Waals surface area contributed by atoms with Crippen molar-refractivity contribution >= 4 is 21.6 Å². The van der Waals surface area contributed by atoms with Crippen LogP contribution < -0.4 is 0 Å². The van der Waals surface area contributed by atoms with Crippen molar-refractivity contribution in [3.63, 3.8) is 0 Å². The molecule has 0 spiro atoms. The van der Waals surface area contributed by atoms with Crippen LogP contribution in [0.5, 0.6) is 0 Å². The number of halogens is 1. The predicted molar refractivity (Wildman–Crippen MR) is 49.8 cm³/mol. The van der Waals surface area contributed by atoms with E-state index in [1.54, 1.807) is 0 Å². The van der Waals surface area contributed by atoms with E-state index in [1.165, 1.54) is 5.71 Å². The molecule has 2 heterocycles. The van der Waals surface area contributed by atoms with Gasteiger partial charge in [-0.15, -0.1) is 0 Å². The molecule has 0 radical (unpaired) electrons. The quantitative estimate of drug-likeness (QED) is 0.600. The van der Waals surface area contributed by atoms with Gasteiger partial charge in [0.25, 0.3) is 0 Å². The van der Waals surface area contributed by atoms with E-state index < -0.39 is 0 Å². The molecule has 0 aliphatic carbocycles. The van der Waals surface area contributed by atoms with E-state index in [-0.39, 0.29) is 6.17 Å². The van der Waals surface area contributed by atoms with Crippen molar-refractivity contribution in [2.24, 2.45) is 4.99 Å². The van der Waals surface area contributed by atoms with Gasteiger partial charge in [0.15, 0.2) is 0 Å². The molecule has 0 bridgehead atoms. The number of nitrogens with zero attached hydrogens (tertiary/aromatic N) is 2. The van der Waals surface area contributed by atoms with Crippen molar-refractivity contribution in [1.82, 2.24) is 4.90 Å². The minimum absolute atomic E-state index is 0.245. The van der Waals surface area contributed by atoms with Crippen LogP contribution in [0.25, 0.3) is 0 Å². The SMILES string of the molecule is CC1=NC2C=C(Br)C=CN2C1. The zero-order chi connectivity index (χ0) is 7.84. The van der Waals surface area contributed by atoms with Crippen LogP contribution in [0.4, 0.5) is 0 Å². The first-order chi connectivity index (χ1) is 5.25. The smallest absolute Gasteiger partial charge is 0.141 e. The second kappa shape index (κ2) is 2.48. The molecular weight excluding hydrogens is 204 g/mol. The number of fused-ring (bicyclic) bond motifs is 1. The highest BCUT2D eigenvalue weighted by Crippen LogP contribution is 2.22. The van der Waals surface area contributed by atoms with Crippen LogP contribution in [-0.2, 0) is 0 Å². The average Bonchev–Trinajstić information content (AvgIpc) is 2.27. The van der Waals surface area contributed by atoms with E-state index in [9.17, 15) is 0 Å². The van der Waals surface area contributed by atoms with Crippen molar-refractivity contribution in [2.45, 2.75) is 13.1 Å². The molecule has 0 saturated carbocycles. The molecule has 0 aromatic rings. The minimum atomic E-state index is 0.245. The summed E-state index contributed by atoms with van der Waals surface area (Å²) in [4.78, 5) is 6.65. The molecule has 2 aliphatic rings. The zero-order valence-electron chi connectivity index (χ0n) is 6.29. The molecule has 11 heavy (non-hydrogen) atoms. The Morgan fingerprint density at radius 1 is 1.73 bits per heavy atom. The second-order valence-corrected chi connectivity index (χ2v) is 3.73. The highest BCUT2D eigenvalue weighted by atomic mass is 79.9. The van der Waals surface area contributed by atoms with Gasteiger partial charge in [-0.2, -0.15) is 0 Å². The van der Waals surface area contributed by atoms with Gasteiger partial charge in [-0.05, 0) is 19.1 Å². The predicted octanol–water partition coefficient (Wildman–Crippen LogP) is 1.90. The van der Waals surface area contributed by atoms with Crippen LogP contribution >= 0.6 is 15.9 Å². The van der Waals surface area contributed by atoms with Crippen LogP contribution in [-0.4, -0.2) is 23.3 Å². The van der Waals surface area contributed by atoms with E-state index in [2.05, 4.69) is 45.0 Å². The summed E-state index contributed by atoms with van der Waals surface area (Å²) in [5.74, 6) is 0. The summed E-state index contributed by atoms with van der Waals surface area (Å²) in [6, 6.07) is 0. The van der Waals surface area contributed by atoms with Gasteiger partial charge in [-0.3, -0.25) is 4.99 Å². The van der Waals surface area contributed by atoms with Crippen LogP contribution in [0.3, 0.4) is 0 Å². The molecule has 0 aromatic carbocycles. The minimum Gasteiger partial charge on any atom is -0.347 e. The molecular formula is C8H9BrN2. The van der Waals surface area contributed by atoms with Gasteiger partial charge in [-0.25, -0.2) is 0 Å². The molecule has 58 valence electrons. The fourth-order valence-electron chi connectivity index (χ4n) is 1.34. The Bertz CT molecular complexity index is 265. The summed E-state index contributed by atoms with van der Waals surface area (Å²) >= 11 is 3.42. The van der Waals surface area contributed by atoms with Gasteiger partial charge in [0.2, 0.25) is 0 Å². The maximum Gasteiger partial charge on any atom is 0.141 e. The van der Waals surface area contributed by atoms with Crippen LogP contribution in [0.2, 0.25) is 0 Å². The summed E-state index contributed by atoms with van der Waals surface area (Å²) in [6.07, 6.45) is 6.48. The largest absolute Gasteiger partial charge is 0.347 e. The highest BCUT2D eigenvalue weighted by Gasteiger charge is 2.21. The monoisotopic (exact) mass is 212 g/mol. The maximum absolute atomic E-state index is 4.45. The lowest BCUT2D eigenvalue weighted by molar-refractivity contribution is 0.393. The Morgan fingerprint density at radius 3 is 3.36 bits per heavy atom. The summed E-state index contributed by atoms with van der Waals surface area (Å²) < 4.78 is 1.12. The number of hydrogen-bond donors (Lipinski definition) is 0. The molecule has 1 atom stereocenters. The molecule has 2 rings (SSSR count). The van der Waals surface area contributed by atoms with Crippen LogP contribution in [0, 0.1) is 0 Å². The first-order valence-electron chi connectivity index (χ1n) is 3.60. The fourth-order valence-corrected chi connectivity index (χ4v) is 1.69. The lowest BCUT2D eigenvalue weighted by atomic mass is 10.3. The number of aliphatic imine (C=N–C) groups is 1. The Labute approximate surface area is 74.4 Å². The van der Waals surface area contributed by atoms with Gasteiger partial charge in [0.05, 0.1) is 6.54 Å². The van der Waals surface area contributed by atoms with Gasteiger partial charge in [0.1, 0.15) is 6.17 Å². The zero-order valence-corrected chi connectivity index (χ0v) is 7.87. The summed E-state index contributed by atoms with van der Waals surface area (Å²) in [6.45, 7) is 3.03. The standard InChI is InChI=1S/C8H9BrN2/c1-6-5-11-3-2-7(9)4-8(11)10-6/h2-4,8H,5H2,1H3. The molecule has 0 fully saturated rings. The maximum atomic E-state index is 4.45. The Morgan fingerprint density at radius 2 is 2.55 bits per heavy atom. The summed E-state index contributed by atoms with van der Waals surface area (Å²) in [5, 5.41) is 0. The van der Waals surface area contributed by atoms with E-state index in [4.69, 9.17) is 0 Å². The number of hydrogen-bond acceptors (Lipinski definition) is 2. The van der Waals surface area contributed by atoms with Gasteiger partial charge < -0.3 is 4.90 Å². The van der Waals surface area contributed by atoms with Crippen molar-refractivity contribution in [2.75, 3.05) is 6.54 Å². The van der Waals surface area contributed by atoms with Crippen LogP contribution in [0.1, 0.15) is 6.92 Å².